The number of amides is 1. The first kappa shape index (κ1) is 17.8. The monoisotopic (exact) mass is 350 g/mol. The Labute approximate surface area is 152 Å². The van der Waals surface area contributed by atoms with Gasteiger partial charge in [0.25, 0.3) is 5.91 Å². The molecule has 0 aliphatic rings. The van der Waals surface area contributed by atoms with Crippen molar-refractivity contribution in [3.05, 3.63) is 54.5 Å². The van der Waals surface area contributed by atoms with E-state index in [1.807, 2.05) is 44.4 Å². The number of anilines is 2. The van der Waals surface area contributed by atoms with Gasteiger partial charge in [-0.25, -0.2) is 9.97 Å². The van der Waals surface area contributed by atoms with Crippen molar-refractivity contribution in [2.45, 2.75) is 6.42 Å². The molecule has 0 atom stereocenters. The number of aromatic nitrogens is 3. The summed E-state index contributed by atoms with van der Waals surface area (Å²) in [6.07, 6.45) is 4.25. The highest BCUT2D eigenvalue weighted by atomic mass is 16.1. The van der Waals surface area contributed by atoms with Gasteiger partial charge in [0.2, 0.25) is 5.95 Å². The van der Waals surface area contributed by atoms with Crippen LogP contribution in [0.25, 0.3) is 10.9 Å². The number of rotatable bonds is 7. The van der Waals surface area contributed by atoms with Crippen LogP contribution in [0.2, 0.25) is 0 Å². The number of hydrogen-bond donors (Lipinski definition) is 2. The minimum atomic E-state index is -0.290. The van der Waals surface area contributed by atoms with Crippen molar-refractivity contribution >= 4 is 28.4 Å². The molecule has 2 N–H and O–H groups in total. The van der Waals surface area contributed by atoms with Crippen molar-refractivity contribution in [3.63, 3.8) is 0 Å². The molecule has 26 heavy (non-hydrogen) atoms. The van der Waals surface area contributed by atoms with Crippen LogP contribution in [0.5, 0.6) is 0 Å². The maximum atomic E-state index is 12.6. The van der Waals surface area contributed by atoms with Gasteiger partial charge in [-0.3, -0.25) is 9.78 Å². The summed E-state index contributed by atoms with van der Waals surface area (Å²) in [7, 11) is 4.06. The fraction of sp³-hybridized carbons (Fsp3) is 0.263. The van der Waals surface area contributed by atoms with Gasteiger partial charge in [-0.2, -0.15) is 0 Å². The third-order valence-corrected chi connectivity index (χ3v) is 3.83. The Morgan fingerprint density at radius 2 is 1.92 bits per heavy atom. The largest absolute Gasteiger partial charge is 0.354 e. The second-order valence-corrected chi connectivity index (χ2v) is 6.18. The van der Waals surface area contributed by atoms with Crippen molar-refractivity contribution in [2.24, 2.45) is 0 Å². The highest BCUT2D eigenvalue weighted by molar-refractivity contribution is 6.07. The van der Waals surface area contributed by atoms with Crippen LogP contribution in [0, 0.1) is 0 Å². The zero-order valence-corrected chi connectivity index (χ0v) is 14.9. The predicted molar refractivity (Wildman–Crippen MR) is 103 cm³/mol. The standard InChI is InChI=1S/C19H22N6O/c1-25(2)13-5-11-21-19-22-12-9-16(24-19)18(26)23-15-8-3-6-14-7-4-10-20-17(14)15/h3-4,6-10,12H,5,11,13H2,1-2H3,(H,23,26)(H,21,22,24). The minimum Gasteiger partial charge on any atom is -0.354 e. The number of fused-ring (bicyclic) bond motifs is 1. The predicted octanol–water partition coefficient (Wildman–Crippen LogP) is 2.64. The molecule has 0 radical (unpaired) electrons. The summed E-state index contributed by atoms with van der Waals surface area (Å²) in [5.74, 6) is 0.161. The van der Waals surface area contributed by atoms with Gasteiger partial charge >= 0.3 is 0 Å². The number of benzene rings is 1. The number of para-hydroxylation sites is 1. The maximum Gasteiger partial charge on any atom is 0.274 e. The van der Waals surface area contributed by atoms with E-state index in [1.54, 1.807) is 18.5 Å². The van der Waals surface area contributed by atoms with E-state index in [1.165, 1.54) is 0 Å². The lowest BCUT2D eigenvalue weighted by Gasteiger charge is -2.10. The van der Waals surface area contributed by atoms with E-state index in [0.717, 1.165) is 30.4 Å². The molecule has 0 fully saturated rings. The van der Waals surface area contributed by atoms with Crippen molar-refractivity contribution in [1.82, 2.24) is 19.9 Å². The Hall–Kier alpha value is -3.06. The highest BCUT2D eigenvalue weighted by Crippen LogP contribution is 2.21. The van der Waals surface area contributed by atoms with Crippen molar-refractivity contribution in [1.29, 1.82) is 0 Å². The molecule has 7 heteroatoms. The topological polar surface area (TPSA) is 83.0 Å². The highest BCUT2D eigenvalue weighted by Gasteiger charge is 2.11. The summed E-state index contributed by atoms with van der Waals surface area (Å²) < 4.78 is 0. The van der Waals surface area contributed by atoms with E-state index >= 15 is 0 Å². The third-order valence-electron chi connectivity index (χ3n) is 3.83. The second-order valence-electron chi connectivity index (χ2n) is 6.18. The second kappa shape index (κ2) is 8.35. The molecule has 2 aromatic heterocycles. The lowest BCUT2D eigenvalue weighted by atomic mass is 10.2. The van der Waals surface area contributed by atoms with Crippen LogP contribution in [-0.4, -0.2) is 52.9 Å². The maximum absolute atomic E-state index is 12.6. The molecule has 2 heterocycles. The number of nitrogens with zero attached hydrogens (tertiary/aromatic N) is 4. The van der Waals surface area contributed by atoms with Crippen LogP contribution in [-0.2, 0) is 0 Å². The molecule has 0 saturated heterocycles. The van der Waals surface area contributed by atoms with Crippen LogP contribution in [0.15, 0.2) is 48.8 Å². The first-order chi connectivity index (χ1) is 12.6. The Morgan fingerprint density at radius 3 is 2.77 bits per heavy atom. The molecule has 0 saturated carbocycles. The average molecular weight is 350 g/mol. The SMILES string of the molecule is CN(C)CCCNc1nccc(C(=O)Nc2cccc3cccnc23)n1. The van der Waals surface area contributed by atoms with Crippen LogP contribution in [0.4, 0.5) is 11.6 Å². The molecule has 3 rings (SSSR count). The summed E-state index contributed by atoms with van der Waals surface area (Å²) in [6, 6.07) is 11.1. The summed E-state index contributed by atoms with van der Waals surface area (Å²) in [4.78, 5) is 27.5. The fourth-order valence-electron chi connectivity index (χ4n) is 2.56. The lowest BCUT2D eigenvalue weighted by Crippen LogP contribution is -2.18. The van der Waals surface area contributed by atoms with Gasteiger partial charge in [-0.1, -0.05) is 18.2 Å². The van der Waals surface area contributed by atoms with Crippen molar-refractivity contribution in [2.75, 3.05) is 37.8 Å². The van der Waals surface area contributed by atoms with E-state index in [-0.39, 0.29) is 5.91 Å². The van der Waals surface area contributed by atoms with Gasteiger partial charge in [0.15, 0.2) is 0 Å². The number of carbonyl (C=O) groups is 1. The number of nitrogens with one attached hydrogen (secondary N) is 2. The van der Waals surface area contributed by atoms with Gasteiger partial charge < -0.3 is 15.5 Å². The smallest absolute Gasteiger partial charge is 0.274 e. The summed E-state index contributed by atoms with van der Waals surface area (Å²) in [5.41, 5.74) is 1.72. The Bertz CT molecular complexity index is 891. The molecule has 3 aromatic rings. The molecule has 1 amide bonds. The average Bonchev–Trinajstić information content (AvgIpc) is 2.66. The van der Waals surface area contributed by atoms with E-state index in [9.17, 15) is 4.79 Å². The first-order valence-corrected chi connectivity index (χ1v) is 8.50. The van der Waals surface area contributed by atoms with Gasteiger partial charge in [0.05, 0.1) is 11.2 Å². The molecule has 0 spiro atoms. The molecule has 7 nitrogen and oxygen atoms in total. The molecule has 0 aliphatic heterocycles. The van der Waals surface area contributed by atoms with Crippen LogP contribution >= 0.6 is 0 Å². The van der Waals surface area contributed by atoms with E-state index < -0.39 is 0 Å². The molecule has 0 unspecified atom stereocenters. The van der Waals surface area contributed by atoms with E-state index in [4.69, 9.17) is 0 Å². The van der Waals surface area contributed by atoms with Crippen molar-refractivity contribution < 1.29 is 4.79 Å². The molecular weight excluding hydrogens is 328 g/mol. The third kappa shape index (κ3) is 4.52. The molecule has 0 aliphatic carbocycles. The van der Waals surface area contributed by atoms with Crippen LogP contribution < -0.4 is 10.6 Å². The number of hydrogen-bond acceptors (Lipinski definition) is 6. The van der Waals surface area contributed by atoms with Gasteiger partial charge in [0, 0.05) is 24.3 Å². The normalized spacial score (nSPS) is 10.9. The Morgan fingerprint density at radius 1 is 1.08 bits per heavy atom. The first-order valence-electron chi connectivity index (χ1n) is 8.50. The fourth-order valence-corrected chi connectivity index (χ4v) is 2.56. The zero-order chi connectivity index (χ0) is 18.4. The lowest BCUT2D eigenvalue weighted by molar-refractivity contribution is 0.102. The summed E-state index contributed by atoms with van der Waals surface area (Å²) >= 11 is 0. The zero-order valence-electron chi connectivity index (χ0n) is 14.9. The summed E-state index contributed by atoms with van der Waals surface area (Å²) in [6.45, 7) is 1.72. The van der Waals surface area contributed by atoms with E-state index in [2.05, 4.69) is 30.5 Å². The van der Waals surface area contributed by atoms with Crippen LogP contribution in [0.3, 0.4) is 0 Å². The molecule has 0 bridgehead atoms. The number of pyridine rings is 1. The summed E-state index contributed by atoms with van der Waals surface area (Å²) in [5, 5.41) is 7.00. The Kier molecular flexibility index (Phi) is 5.70. The van der Waals surface area contributed by atoms with Gasteiger partial charge in [-0.15, -0.1) is 0 Å². The minimum absolute atomic E-state index is 0.290. The molecule has 1 aromatic carbocycles. The van der Waals surface area contributed by atoms with Crippen LogP contribution in [0.1, 0.15) is 16.9 Å². The van der Waals surface area contributed by atoms with Gasteiger partial charge in [0.1, 0.15) is 5.69 Å². The molecular formula is C19H22N6O. The number of carbonyl (C=O) groups excluding carboxylic acids is 1. The molecule has 134 valence electrons. The quantitative estimate of drug-likeness (QED) is 0.638. The van der Waals surface area contributed by atoms with E-state index in [0.29, 0.717) is 17.3 Å². The van der Waals surface area contributed by atoms with Gasteiger partial charge in [-0.05, 0) is 45.3 Å². The van der Waals surface area contributed by atoms with Crippen molar-refractivity contribution in [3.8, 4) is 0 Å². The Balaban J connectivity index is 1.69.